The first-order valence-electron chi connectivity index (χ1n) is 12.1. The molecular weight excluding hydrogens is 484 g/mol. The number of methoxy groups -OCH3 is 1. The molecule has 1 aromatic carbocycles. The highest BCUT2D eigenvalue weighted by atomic mass is 16.5. The molecule has 4 heterocycles. The number of carbonyl (C=O) groups is 1. The number of benzene rings is 1. The lowest BCUT2D eigenvalue weighted by atomic mass is 10.1. The number of hydrogen-bond acceptors (Lipinski definition) is 9. The summed E-state index contributed by atoms with van der Waals surface area (Å²) in [4.78, 5) is 24.4. The molecule has 194 valence electrons. The summed E-state index contributed by atoms with van der Waals surface area (Å²) in [6.45, 7) is 5.03. The fourth-order valence-corrected chi connectivity index (χ4v) is 4.33. The molecular formula is C27H28N8O3. The van der Waals surface area contributed by atoms with E-state index < -0.39 is 0 Å². The van der Waals surface area contributed by atoms with E-state index in [1.165, 1.54) is 6.20 Å². The van der Waals surface area contributed by atoms with E-state index in [9.17, 15) is 4.79 Å². The van der Waals surface area contributed by atoms with Gasteiger partial charge in [-0.1, -0.05) is 24.8 Å². The lowest BCUT2D eigenvalue weighted by Gasteiger charge is -2.25. The first-order chi connectivity index (χ1) is 18.6. The van der Waals surface area contributed by atoms with Gasteiger partial charge in [0.15, 0.2) is 17.2 Å². The number of anilines is 4. The van der Waals surface area contributed by atoms with Gasteiger partial charge in [-0.3, -0.25) is 9.89 Å². The second-order valence-corrected chi connectivity index (χ2v) is 8.66. The molecule has 1 aliphatic heterocycles. The van der Waals surface area contributed by atoms with E-state index in [1.54, 1.807) is 55.8 Å². The Morgan fingerprint density at radius 2 is 2.18 bits per heavy atom. The van der Waals surface area contributed by atoms with E-state index in [4.69, 9.17) is 24.9 Å². The highest BCUT2D eigenvalue weighted by Crippen LogP contribution is 2.32. The minimum absolute atomic E-state index is 0.0620. The van der Waals surface area contributed by atoms with Gasteiger partial charge in [0, 0.05) is 30.4 Å². The molecule has 4 aromatic rings. The second kappa shape index (κ2) is 10.9. The minimum Gasteiger partial charge on any atom is -0.497 e. The number of aromatic nitrogens is 4. The molecule has 0 aliphatic carbocycles. The molecule has 0 saturated carbocycles. The van der Waals surface area contributed by atoms with Crippen molar-refractivity contribution < 1.29 is 13.9 Å². The molecule has 1 amide bonds. The summed E-state index contributed by atoms with van der Waals surface area (Å²) in [5, 5.41) is 13.0. The second-order valence-electron chi connectivity index (χ2n) is 8.66. The lowest BCUT2D eigenvalue weighted by Crippen LogP contribution is -2.31. The first-order valence-corrected chi connectivity index (χ1v) is 12.1. The number of carbonyl (C=O) groups excluding carboxylic acids is 1. The zero-order valence-corrected chi connectivity index (χ0v) is 20.8. The number of hydrogen-bond donors (Lipinski definition) is 4. The summed E-state index contributed by atoms with van der Waals surface area (Å²) < 4.78 is 10.9. The Bertz CT molecular complexity index is 1520. The average molecular weight is 513 g/mol. The van der Waals surface area contributed by atoms with Crippen molar-refractivity contribution in [1.82, 2.24) is 20.2 Å². The van der Waals surface area contributed by atoms with E-state index in [2.05, 4.69) is 32.3 Å². The summed E-state index contributed by atoms with van der Waals surface area (Å²) in [6, 6.07) is 10.5. The van der Waals surface area contributed by atoms with Crippen LogP contribution in [0.3, 0.4) is 0 Å². The molecule has 1 saturated heterocycles. The SMILES string of the molecule is C=C(/C=C\C=C/N)C1CCCN1c1nc(Nc2cc(C(=O)Nc3cccc(OC)c3)[nH]n2)c2occc2n1. The van der Waals surface area contributed by atoms with E-state index >= 15 is 0 Å². The van der Waals surface area contributed by atoms with Gasteiger partial charge >= 0.3 is 0 Å². The van der Waals surface area contributed by atoms with Crippen molar-refractivity contribution in [3.8, 4) is 5.75 Å². The number of ether oxygens (including phenoxy) is 1. The highest BCUT2D eigenvalue weighted by molar-refractivity contribution is 6.03. The van der Waals surface area contributed by atoms with E-state index in [1.807, 2.05) is 12.2 Å². The predicted octanol–water partition coefficient (Wildman–Crippen LogP) is 4.50. The molecule has 1 aliphatic rings. The summed E-state index contributed by atoms with van der Waals surface area (Å²) in [5.74, 6) is 1.70. The van der Waals surface area contributed by atoms with Crippen LogP contribution >= 0.6 is 0 Å². The molecule has 0 radical (unpaired) electrons. The number of amides is 1. The molecule has 1 unspecified atom stereocenters. The van der Waals surface area contributed by atoms with E-state index in [0.29, 0.717) is 40.1 Å². The number of H-pyrrole nitrogens is 1. The van der Waals surface area contributed by atoms with Gasteiger partial charge in [0.1, 0.15) is 17.0 Å². The highest BCUT2D eigenvalue weighted by Gasteiger charge is 2.29. The number of aromatic amines is 1. The maximum absolute atomic E-state index is 12.7. The Morgan fingerprint density at radius 1 is 1.29 bits per heavy atom. The van der Waals surface area contributed by atoms with E-state index in [0.717, 1.165) is 25.0 Å². The number of rotatable bonds is 9. The van der Waals surface area contributed by atoms with Crippen LogP contribution in [0.15, 0.2) is 83.7 Å². The average Bonchev–Trinajstić information content (AvgIpc) is 3.69. The summed E-state index contributed by atoms with van der Waals surface area (Å²) >= 11 is 0. The number of furan rings is 1. The third kappa shape index (κ3) is 5.21. The molecule has 38 heavy (non-hydrogen) atoms. The number of allylic oxidation sites excluding steroid dienone is 2. The van der Waals surface area contributed by atoms with Gasteiger partial charge in [0.25, 0.3) is 5.91 Å². The molecule has 11 nitrogen and oxygen atoms in total. The zero-order valence-electron chi connectivity index (χ0n) is 20.8. The largest absolute Gasteiger partial charge is 0.497 e. The van der Waals surface area contributed by atoms with Gasteiger partial charge in [0.2, 0.25) is 5.95 Å². The molecule has 0 spiro atoms. The van der Waals surface area contributed by atoms with Gasteiger partial charge < -0.3 is 30.4 Å². The van der Waals surface area contributed by atoms with E-state index in [-0.39, 0.29) is 17.6 Å². The molecule has 5 N–H and O–H groups in total. The molecule has 3 aromatic heterocycles. The number of nitrogens with zero attached hydrogens (tertiary/aromatic N) is 4. The Labute approximate surface area is 219 Å². The standard InChI is InChI=1S/C27H28N8O3/c1-17(7-3-4-12-28)22-10-6-13-35(22)27-30-20-11-14-38-24(20)25(32-27)31-23-16-21(33-34-23)26(36)29-18-8-5-9-19(15-18)37-2/h3-5,7-9,11-12,14-16,22H,1,6,10,13,28H2,2H3,(H,29,36)(H2,30,31,32,33,34)/b7-3-,12-4-. The third-order valence-electron chi connectivity index (χ3n) is 6.16. The third-order valence-corrected chi connectivity index (χ3v) is 6.16. The van der Waals surface area contributed by atoms with Crippen molar-refractivity contribution in [3.05, 3.63) is 84.9 Å². The van der Waals surface area contributed by atoms with Crippen LogP contribution in [0.25, 0.3) is 11.1 Å². The maximum Gasteiger partial charge on any atom is 0.273 e. The van der Waals surface area contributed by atoms with Gasteiger partial charge in [-0.2, -0.15) is 10.1 Å². The van der Waals surface area contributed by atoms with Crippen LogP contribution in [-0.4, -0.2) is 45.8 Å². The summed E-state index contributed by atoms with van der Waals surface area (Å²) in [5.41, 5.74) is 8.40. The molecule has 1 atom stereocenters. The van der Waals surface area contributed by atoms with Gasteiger partial charge in [-0.25, -0.2) is 4.98 Å². The Balaban J connectivity index is 1.36. The normalized spacial score (nSPS) is 15.5. The predicted molar refractivity (Wildman–Crippen MR) is 147 cm³/mol. The maximum atomic E-state index is 12.7. The number of nitrogens with two attached hydrogens (primary N) is 1. The monoisotopic (exact) mass is 512 g/mol. The quantitative estimate of drug-likeness (QED) is 0.238. The molecule has 1 fully saturated rings. The summed E-state index contributed by atoms with van der Waals surface area (Å²) in [7, 11) is 1.57. The van der Waals surface area contributed by atoms with Gasteiger partial charge in [-0.05, 0) is 42.8 Å². The van der Waals surface area contributed by atoms with Crippen molar-refractivity contribution in [2.45, 2.75) is 18.9 Å². The smallest absolute Gasteiger partial charge is 0.273 e. The topological polar surface area (TPSA) is 147 Å². The number of fused-ring (bicyclic) bond motifs is 1. The van der Waals surface area contributed by atoms with Gasteiger partial charge in [0.05, 0.1) is 19.4 Å². The van der Waals surface area contributed by atoms with Crippen molar-refractivity contribution >= 4 is 40.3 Å². The molecule has 5 rings (SSSR count). The fourth-order valence-electron chi connectivity index (χ4n) is 4.33. The van der Waals surface area contributed by atoms with Gasteiger partial charge in [-0.15, -0.1) is 0 Å². The van der Waals surface area contributed by atoms with Crippen LogP contribution in [0, 0.1) is 0 Å². The van der Waals surface area contributed by atoms with Crippen molar-refractivity contribution in [2.75, 3.05) is 29.2 Å². The lowest BCUT2D eigenvalue weighted by molar-refractivity contribution is 0.102. The molecule has 11 heteroatoms. The zero-order chi connectivity index (χ0) is 26.5. The first kappa shape index (κ1) is 24.6. The van der Waals surface area contributed by atoms with Crippen LogP contribution in [-0.2, 0) is 0 Å². The molecule has 0 bridgehead atoms. The Morgan fingerprint density at radius 3 is 3.03 bits per heavy atom. The number of nitrogens with one attached hydrogen (secondary N) is 3. The van der Waals surface area contributed by atoms with Crippen LogP contribution in [0.4, 0.5) is 23.3 Å². The Hall–Kier alpha value is -5.06. The van der Waals surface area contributed by atoms with Crippen LogP contribution < -0.4 is 26.0 Å². The van der Waals surface area contributed by atoms with Crippen molar-refractivity contribution in [3.63, 3.8) is 0 Å². The van der Waals surface area contributed by atoms with Crippen LogP contribution in [0.5, 0.6) is 5.75 Å². The fraction of sp³-hybridized carbons (Fsp3) is 0.185. The Kier molecular flexibility index (Phi) is 7.07. The van der Waals surface area contributed by atoms with Crippen molar-refractivity contribution in [2.24, 2.45) is 5.73 Å². The van der Waals surface area contributed by atoms with Crippen LogP contribution in [0.2, 0.25) is 0 Å². The minimum atomic E-state index is -0.346. The summed E-state index contributed by atoms with van der Waals surface area (Å²) in [6.07, 6.45) is 10.5. The van der Waals surface area contributed by atoms with Crippen LogP contribution in [0.1, 0.15) is 23.3 Å². The van der Waals surface area contributed by atoms with Crippen molar-refractivity contribution in [1.29, 1.82) is 0 Å².